The van der Waals surface area contributed by atoms with Gasteiger partial charge in [-0.15, -0.1) is 11.3 Å². The van der Waals surface area contributed by atoms with E-state index in [4.69, 9.17) is 15.3 Å². The molecule has 232 valence electrons. The van der Waals surface area contributed by atoms with Crippen molar-refractivity contribution in [3.8, 4) is 11.5 Å². The molecule has 8 N–H and O–H groups in total. The summed E-state index contributed by atoms with van der Waals surface area (Å²) < 4.78 is 37.8. The van der Waals surface area contributed by atoms with E-state index in [0.29, 0.717) is 0 Å². The summed E-state index contributed by atoms with van der Waals surface area (Å²) in [7, 11) is -5.19. The number of carboxylic acid groups (broad SMARTS) is 1. The van der Waals surface area contributed by atoms with E-state index in [1.165, 1.54) is 5.38 Å². The second kappa shape index (κ2) is 12.4. The first kappa shape index (κ1) is 32.4. The second-order valence-electron chi connectivity index (χ2n) is 8.97. The van der Waals surface area contributed by atoms with Crippen LogP contribution in [0.3, 0.4) is 0 Å². The second-order valence-corrected chi connectivity index (χ2v) is 11.2. The number of carbonyl (C=O) groups is 5. The molecule has 2 aromatic heterocycles. The predicted octanol–water partition coefficient (Wildman–Crippen LogP) is -2.41. The molecule has 1 saturated heterocycles. The van der Waals surface area contributed by atoms with Gasteiger partial charge in [0.15, 0.2) is 22.3 Å². The van der Waals surface area contributed by atoms with Crippen LogP contribution in [-0.2, 0) is 39.1 Å². The minimum absolute atomic E-state index is 0.0138. The van der Waals surface area contributed by atoms with E-state index in [9.17, 15) is 52.3 Å². The SMILES string of the molecule is CC(C)(O/N=C(\C(=O)N[C@@H]1C(=O)N(S(=O)(=O)O)[C@@H]1COC(=O)CNC(=O)c1cc(O)c(O)cn1)c1csc(N)n1)C(=O)O. The molecule has 1 fully saturated rings. The molecule has 1 aliphatic rings. The molecule has 0 radical (unpaired) electrons. The van der Waals surface area contributed by atoms with Crippen molar-refractivity contribution in [3.05, 3.63) is 29.0 Å². The van der Waals surface area contributed by atoms with Crippen LogP contribution < -0.4 is 16.4 Å². The number of oxime groups is 1. The zero-order chi connectivity index (χ0) is 32.3. The Labute approximate surface area is 245 Å². The molecule has 0 bridgehead atoms. The van der Waals surface area contributed by atoms with Gasteiger partial charge in [0.1, 0.15) is 36.6 Å². The van der Waals surface area contributed by atoms with Crippen molar-refractivity contribution in [2.75, 3.05) is 18.9 Å². The quantitative estimate of drug-likeness (QED) is 0.0415. The highest BCUT2D eigenvalue weighted by Gasteiger charge is 2.55. The first-order chi connectivity index (χ1) is 19.9. The number of aliphatic carboxylic acids is 1. The Kier molecular flexibility index (Phi) is 9.36. The lowest BCUT2D eigenvalue weighted by molar-refractivity contribution is -0.161. The first-order valence-corrected chi connectivity index (χ1v) is 13.8. The molecule has 3 rings (SSSR count). The van der Waals surface area contributed by atoms with E-state index in [2.05, 4.69) is 25.8 Å². The summed E-state index contributed by atoms with van der Waals surface area (Å²) in [6.45, 7) is 0.550. The van der Waals surface area contributed by atoms with Gasteiger partial charge in [-0.2, -0.15) is 8.42 Å². The number of aromatic hydroxyl groups is 2. The number of esters is 1. The molecule has 43 heavy (non-hydrogen) atoms. The lowest BCUT2D eigenvalue weighted by Crippen LogP contribution is -2.73. The summed E-state index contributed by atoms with van der Waals surface area (Å²) in [4.78, 5) is 73.6. The number of nitrogen functional groups attached to an aromatic ring is 1. The van der Waals surface area contributed by atoms with Gasteiger partial charge in [0, 0.05) is 11.4 Å². The number of hydrogen-bond acceptors (Lipinski definition) is 16. The summed E-state index contributed by atoms with van der Waals surface area (Å²) >= 11 is 0.883. The summed E-state index contributed by atoms with van der Waals surface area (Å²) in [6.07, 6.45) is 0.785. The largest absolute Gasteiger partial charge is 0.504 e. The standard InChI is InChI=1S/C21H23N7O13S2/c1-21(2,19(35)36)41-27-14(9-7-42-20(22)25-9)17(33)26-15-10(28(18(15)34)43(37,38)39)6-40-13(31)5-24-16(32)8-3-11(29)12(30)4-23-8/h3-4,7,10,15,30H,5-6H2,1-2H3,(H2,22,25)(H,23,29)(H,24,32)(H,26,33)(H,35,36)(H,37,38,39)/b27-14-/t10-,15+/m1/s1. The Morgan fingerprint density at radius 2 is 1.88 bits per heavy atom. The van der Waals surface area contributed by atoms with Crippen molar-refractivity contribution in [1.82, 2.24) is 24.9 Å². The zero-order valence-corrected chi connectivity index (χ0v) is 23.6. The van der Waals surface area contributed by atoms with Gasteiger partial charge in [-0.25, -0.2) is 19.1 Å². The van der Waals surface area contributed by atoms with Gasteiger partial charge in [-0.1, -0.05) is 5.16 Å². The zero-order valence-electron chi connectivity index (χ0n) is 21.9. The maximum Gasteiger partial charge on any atom is 0.362 e. The maximum absolute atomic E-state index is 13.1. The van der Waals surface area contributed by atoms with Crippen LogP contribution in [0.1, 0.15) is 30.0 Å². The molecule has 20 nitrogen and oxygen atoms in total. The number of β-lactam (4-membered cyclic amide) rings is 1. The van der Waals surface area contributed by atoms with Gasteiger partial charge >= 0.3 is 22.2 Å². The number of amides is 3. The Morgan fingerprint density at radius 3 is 2.44 bits per heavy atom. The predicted molar refractivity (Wildman–Crippen MR) is 141 cm³/mol. The third-order valence-corrected chi connectivity index (χ3v) is 7.09. The highest BCUT2D eigenvalue weighted by molar-refractivity contribution is 7.84. The van der Waals surface area contributed by atoms with Gasteiger partial charge in [0.25, 0.3) is 17.7 Å². The topological polar surface area (TPSA) is 310 Å². The molecular weight excluding hydrogens is 622 g/mol. The van der Waals surface area contributed by atoms with Gasteiger partial charge < -0.3 is 41.3 Å². The van der Waals surface area contributed by atoms with Crippen LogP contribution in [0.25, 0.3) is 0 Å². The molecule has 0 saturated carbocycles. The van der Waals surface area contributed by atoms with Crippen molar-refractivity contribution in [2.24, 2.45) is 5.16 Å². The Bertz CT molecular complexity index is 1610. The summed E-state index contributed by atoms with van der Waals surface area (Å²) in [5, 5.41) is 37.0. The van der Waals surface area contributed by atoms with Crippen molar-refractivity contribution in [1.29, 1.82) is 0 Å². The van der Waals surface area contributed by atoms with Crippen molar-refractivity contribution in [2.45, 2.75) is 31.5 Å². The third-order valence-electron chi connectivity index (χ3n) is 5.47. The van der Waals surface area contributed by atoms with Crippen molar-refractivity contribution >= 4 is 62.1 Å². The Hall–Kier alpha value is -5.09. The third kappa shape index (κ3) is 7.60. The number of carbonyl (C=O) groups excluding carboxylic acids is 4. The van der Waals surface area contributed by atoms with E-state index in [-0.39, 0.29) is 20.8 Å². The number of nitrogens with two attached hydrogens (primary N) is 1. The number of rotatable bonds is 12. The van der Waals surface area contributed by atoms with E-state index in [1.54, 1.807) is 0 Å². The van der Waals surface area contributed by atoms with Gasteiger partial charge in [-0.3, -0.25) is 23.7 Å². The van der Waals surface area contributed by atoms with Crippen LogP contribution in [0, 0.1) is 0 Å². The van der Waals surface area contributed by atoms with E-state index in [0.717, 1.165) is 37.4 Å². The number of nitrogens with one attached hydrogen (secondary N) is 2. The maximum atomic E-state index is 13.1. The molecule has 0 aromatic carbocycles. The molecular formula is C21H23N7O13S2. The summed E-state index contributed by atoms with van der Waals surface area (Å²) in [5.41, 5.74) is 2.47. The highest BCUT2D eigenvalue weighted by atomic mass is 32.2. The molecule has 0 spiro atoms. The fourth-order valence-electron chi connectivity index (χ4n) is 3.17. The number of anilines is 1. The fourth-order valence-corrected chi connectivity index (χ4v) is 4.58. The normalized spacial score (nSPS) is 17.0. The van der Waals surface area contributed by atoms with Crippen LogP contribution in [0.5, 0.6) is 11.5 Å². The Morgan fingerprint density at radius 1 is 1.21 bits per heavy atom. The lowest BCUT2D eigenvalue weighted by Gasteiger charge is -2.43. The van der Waals surface area contributed by atoms with E-state index in [1.807, 2.05) is 0 Å². The number of thiazole rings is 1. The minimum atomic E-state index is -5.19. The van der Waals surface area contributed by atoms with E-state index < -0.39 is 88.0 Å². The Balaban J connectivity index is 1.72. The van der Waals surface area contributed by atoms with Crippen LogP contribution >= 0.6 is 11.3 Å². The van der Waals surface area contributed by atoms with Crippen LogP contribution in [-0.4, -0.2) is 109 Å². The smallest absolute Gasteiger partial charge is 0.362 e. The monoisotopic (exact) mass is 645 g/mol. The molecule has 22 heteroatoms. The molecule has 0 aliphatic carbocycles. The number of carboxylic acids is 1. The van der Waals surface area contributed by atoms with Gasteiger partial charge in [0.2, 0.25) is 5.60 Å². The van der Waals surface area contributed by atoms with E-state index >= 15 is 0 Å². The van der Waals surface area contributed by atoms with Gasteiger partial charge in [0.05, 0.1) is 6.20 Å². The number of hydrogen-bond donors (Lipinski definition) is 7. The number of pyridine rings is 1. The van der Waals surface area contributed by atoms with Crippen molar-refractivity contribution in [3.63, 3.8) is 0 Å². The average Bonchev–Trinajstić information content (AvgIpc) is 3.34. The molecule has 3 amide bonds. The summed E-state index contributed by atoms with van der Waals surface area (Å²) in [5.74, 6) is -7.33. The molecule has 3 heterocycles. The first-order valence-electron chi connectivity index (χ1n) is 11.6. The molecule has 2 atom stereocenters. The molecule has 2 aromatic rings. The highest BCUT2D eigenvalue weighted by Crippen LogP contribution is 2.25. The van der Waals surface area contributed by atoms with Crippen LogP contribution in [0.15, 0.2) is 22.8 Å². The van der Waals surface area contributed by atoms with Crippen molar-refractivity contribution < 1.29 is 61.8 Å². The van der Waals surface area contributed by atoms with Gasteiger partial charge in [-0.05, 0) is 13.8 Å². The molecule has 1 aliphatic heterocycles. The number of aromatic nitrogens is 2. The number of ether oxygens (including phenoxy) is 1. The fraction of sp³-hybridized carbons (Fsp3) is 0.333. The average molecular weight is 646 g/mol. The lowest BCUT2D eigenvalue weighted by atomic mass is 9.99. The molecule has 0 unspecified atom stereocenters. The minimum Gasteiger partial charge on any atom is -0.504 e. The number of nitrogens with zero attached hydrogens (tertiary/aromatic N) is 4. The van der Waals surface area contributed by atoms with Crippen LogP contribution in [0.2, 0.25) is 0 Å². The summed E-state index contributed by atoms with van der Waals surface area (Å²) in [6, 6.07) is -2.56. The van der Waals surface area contributed by atoms with Crippen LogP contribution in [0.4, 0.5) is 5.13 Å².